The Morgan fingerprint density at radius 2 is 2.05 bits per heavy atom. The van der Waals surface area contributed by atoms with Crippen molar-refractivity contribution in [3.63, 3.8) is 0 Å². The minimum Gasteiger partial charge on any atom is -0.493 e. The van der Waals surface area contributed by atoms with Crippen LogP contribution >= 0.6 is 0 Å². The van der Waals surface area contributed by atoms with Crippen LogP contribution in [-0.2, 0) is 10.3 Å². The van der Waals surface area contributed by atoms with E-state index in [0.717, 1.165) is 12.8 Å². The monoisotopic (exact) mass is 266 g/mol. The van der Waals surface area contributed by atoms with E-state index in [1.807, 2.05) is 6.92 Å². The first-order valence-corrected chi connectivity index (χ1v) is 6.91. The predicted molar refractivity (Wildman–Crippen MR) is 68.6 cm³/mol. The Balaban J connectivity index is 1.97. The van der Waals surface area contributed by atoms with Gasteiger partial charge in [0.1, 0.15) is 11.6 Å². The highest BCUT2D eigenvalue weighted by Gasteiger charge is 2.46. The Kier molecular flexibility index (Phi) is 3.23. The van der Waals surface area contributed by atoms with Crippen molar-refractivity contribution < 1.29 is 19.0 Å². The zero-order valence-electron chi connectivity index (χ0n) is 11.1. The van der Waals surface area contributed by atoms with Crippen molar-refractivity contribution in [3.8, 4) is 5.75 Å². The molecule has 2 bridgehead atoms. The first kappa shape index (κ1) is 12.9. The molecular formula is C15H19FO3. The topological polar surface area (TPSA) is 38.7 Å². The molecule has 0 amide bonds. The predicted octanol–water partition coefficient (Wildman–Crippen LogP) is 2.75. The fourth-order valence-electron chi connectivity index (χ4n) is 3.28. The highest BCUT2D eigenvalue weighted by Crippen LogP contribution is 2.46. The molecule has 0 aliphatic carbocycles. The molecule has 2 heterocycles. The van der Waals surface area contributed by atoms with Gasteiger partial charge in [0.15, 0.2) is 0 Å². The summed E-state index contributed by atoms with van der Waals surface area (Å²) in [5, 5.41) is 10.9. The third-order valence-corrected chi connectivity index (χ3v) is 4.07. The summed E-state index contributed by atoms with van der Waals surface area (Å²) in [6.45, 7) is 2.38. The molecule has 19 heavy (non-hydrogen) atoms. The average molecular weight is 266 g/mol. The smallest absolute Gasteiger partial charge is 0.125 e. The van der Waals surface area contributed by atoms with Gasteiger partial charge in [0, 0.05) is 18.4 Å². The van der Waals surface area contributed by atoms with Gasteiger partial charge in [0.2, 0.25) is 0 Å². The molecule has 1 N–H and O–H groups in total. The zero-order valence-corrected chi connectivity index (χ0v) is 11.1. The number of fused-ring (bicyclic) bond motifs is 2. The van der Waals surface area contributed by atoms with Crippen LogP contribution in [0, 0.1) is 5.82 Å². The average Bonchev–Trinajstić information content (AvgIpc) is 2.72. The zero-order chi connectivity index (χ0) is 13.5. The summed E-state index contributed by atoms with van der Waals surface area (Å²) < 4.78 is 24.8. The van der Waals surface area contributed by atoms with Crippen molar-refractivity contribution in [2.75, 3.05) is 6.61 Å². The minimum atomic E-state index is -1.03. The number of rotatable bonds is 3. The van der Waals surface area contributed by atoms with E-state index in [2.05, 4.69) is 0 Å². The molecule has 4 heteroatoms. The van der Waals surface area contributed by atoms with Crippen LogP contribution in [0.2, 0.25) is 0 Å². The molecule has 2 atom stereocenters. The number of benzene rings is 1. The third-order valence-electron chi connectivity index (χ3n) is 4.07. The fraction of sp³-hybridized carbons (Fsp3) is 0.600. The van der Waals surface area contributed by atoms with Gasteiger partial charge in [-0.2, -0.15) is 0 Å². The maximum atomic E-state index is 13.5. The number of aliphatic hydroxyl groups is 1. The number of ether oxygens (including phenoxy) is 2. The van der Waals surface area contributed by atoms with Crippen molar-refractivity contribution in [2.24, 2.45) is 0 Å². The molecule has 2 unspecified atom stereocenters. The van der Waals surface area contributed by atoms with Gasteiger partial charge in [-0.1, -0.05) is 0 Å². The molecule has 104 valence electrons. The van der Waals surface area contributed by atoms with Crippen molar-refractivity contribution >= 4 is 0 Å². The number of halogens is 1. The van der Waals surface area contributed by atoms with E-state index >= 15 is 0 Å². The van der Waals surface area contributed by atoms with Crippen LogP contribution in [0.1, 0.15) is 38.2 Å². The van der Waals surface area contributed by atoms with Gasteiger partial charge in [0.25, 0.3) is 0 Å². The van der Waals surface area contributed by atoms with Crippen LogP contribution in [0.5, 0.6) is 5.75 Å². The molecule has 3 nitrogen and oxygen atoms in total. The lowest BCUT2D eigenvalue weighted by Gasteiger charge is -2.37. The molecule has 0 radical (unpaired) electrons. The molecule has 2 aliphatic rings. The van der Waals surface area contributed by atoms with E-state index in [4.69, 9.17) is 9.47 Å². The van der Waals surface area contributed by atoms with Crippen LogP contribution in [-0.4, -0.2) is 23.9 Å². The van der Waals surface area contributed by atoms with Gasteiger partial charge in [-0.15, -0.1) is 0 Å². The quantitative estimate of drug-likeness (QED) is 0.914. The standard InChI is InChI=1S/C15H19FO3/c1-2-18-14-6-3-10(16)7-13(14)15(17)8-11-4-5-12(9-15)19-11/h3,6-7,11-12,17H,2,4-5,8-9H2,1H3. The highest BCUT2D eigenvalue weighted by molar-refractivity contribution is 5.39. The van der Waals surface area contributed by atoms with Gasteiger partial charge in [-0.25, -0.2) is 4.39 Å². The lowest BCUT2D eigenvalue weighted by Crippen LogP contribution is -2.39. The maximum Gasteiger partial charge on any atom is 0.125 e. The molecule has 0 saturated carbocycles. The minimum absolute atomic E-state index is 0.0847. The van der Waals surface area contributed by atoms with E-state index < -0.39 is 5.60 Å². The Morgan fingerprint density at radius 3 is 2.68 bits per heavy atom. The molecule has 2 aliphatic heterocycles. The van der Waals surface area contributed by atoms with Crippen LogP contribution in [0.25, 0.3) is 0 Å². The van der Waals surface area contributed by atoms with Gasteiger partial charge < -0.3 is 14.6 Å². The first-order chi connectivity index (χ1) is 9.10. The molecule has 1 aromatic carbocycles. The second kappa shape index (κ2) is 4.76. The van der Waals surface area contributed by atoms with E-state index in [9.17, 15) is 9.50 Å². The lowest BCUT2D eigenvalue weighted by atomic mass is 9.83. The van der Waals surface area contributed by atoms with Crippen LogP contribution in [0.15, 0.2) is 18.2 Å². The van der Waals surface area contributed by atoms with Crippen LogP contribution < -0.4 is 4.74 Å². The maximum absolute atomic E-state index is 13.5. The normalized spacial score (nSPS) is 33.4. The summed E-state index contributed by atoms with van der Waals surface area (Å²) in [5.41, 5.74) is -0.467. The number of hydrogen-bond acceptors (Lipinski definition) is 3. The summed E-state index contributed by atoms with van der Waals surface area (Å²) in [7, 11) is 0. The van der Waals surface area contributed by atoms with E-state index in [1.54, 1.807) is 6.07 Å². The van der Waals surface area contributed by atoms with Crippen LogP contribution in [0.4, 0.5) is 4.39 Å². The van der Waals surface area contributed by atoms with Gasteiger partial charge in [0.05, 0.1) is 24.4 Å². The fourth-order valence-corrected chi connectivity index (χ4v) is 3.28. The Hall–Kier alpha value is -1.13. The molecule has 0 spiro atoms. The summed E-state index contributed by atoms with van der Waals surface area (Å²) in [4.78, 5) is 0. The van der Waals surface area contributed by atoms with Gasteiger partial charge >= 0.3 is 0 Å². The van der Waals surface area contributed by atoms with E-state index in [1.165, 1.54) is 12.1 Å². The molecule has 1 aromatic rings. The van der Waals surface area contributed by atoms with Crippen molar-refractivity contribution in [1.82, 2.24) is 0 Å². The summed E-state index contributed by atoms with van der Waals surface area (Å²) in [6, 6.07) is 4.37. The Morgan fingerprint density at radius 1 is 1.37 bits per heavy atom. The molecule has 2 saturated heterocycles. The van der Waals surface area contributed by atoms with Gasteiger partial charge in [-0.05, 0) is 38.0 Å². The van der Waals surface area contributed by atoms with Crippen molar-refractivity contribution in [2.45, 2.75) is 50.4 Å². The second-order valence-corrected chi connectivity index (χ2v) is 5.47. The SMILES string of the molecule is CCOc1ccc(F)cc1C1(O)CC2CCC(C1)O2. The molecule has 3 rings (SSSR count). The lowest BCUT2D eigenvalue weighted by molar-refractivity contribution is -0.116. The van der Waals surface area contributed by atoms with Crippen LogP contribution in [0.3, 0.4) is 0 Å². The molecular weight excluding hydrogens is 247 g/mol. The van der Waals surface area contributed by atoms with E-state index in [0.29, 0.717) is 30.8 Å². The largest absolute Gasteiger partial charge is 0.493 e. The summed E-state index contributed by atoms with van der Waals surface area (Å²) in [5.74, 6) is 0.235. The number of hydrogen-bond donors (Lipinski definition) is 1. The Labute approximate surface area is 112 Å². The van der Waals surface area contributed by atoms with Gasteiger partial charge in [-0.3, -0.25) is 0 Å². The third kappa shape index (κ3) is 2.35. The Bertz CT molecular complexity index is 462. The second-order valence-electron chi connectivity index (χ2n) is 5.47. The molecule has 2 fully saturated rings. The summed E-state index contributed by atoms with van der Waals surface area (Å²) >= 11 is 0. The van der Waals surface area contributed by atoms with E-state index in [-0.39, 0.29) is 18.0 Å². The first-order valence-electron chi connectivity index (χ1n) is 6.91. The van der Waals surface area contributed by atoms with Crippen molar-refractivity contribution in [1.29, 1.82) is 0 Å². The molecule has 0 aromatic heterocycles. The summed E-state index contributed by atoms with van der Waals surface area (Å²) in [6.07, 6.45) is 3.17. The van der Waals surface area contributed by atoms with Crippen molar-refractivity contribution in [3.05, 3.63) is 29.6 Å². The highest BCUT2D eigenvalue weighted by atomic mass is 19.1.